The first-order chi connectivity index (χ1) is 10.1. The molecule has 1 saturated heterocycles. The molecule has 0 aromatic heterocycles. The van der Waals surface area contributed by atoms with Crippen LogP contribution in [0.2, 0.25) is 0 Å². The maximum absolute atomic E-state index is 2.70. The second kappa shape index (κ2) is 6.47. The molecule has 1 aromatic carbocycles. The predicted octanol–water partition coefficient (Wildman–Crippen LogP) is 2.07. The Morgan fingerprint density at radius 1 is 1.05 bits per heavy atom. The Balaban J connectivity index is 1.70. The zero-order valence-corrected chi connectivity index (χ0v) is 13.8. The molecule has 1 unspecified atom stereocenters. The van der Waals surface area contributed by atoms with E-state index in [9.17, 15) is 0 Å². The van der Waals surface area contributed by atoms with Crippen molar-refractivity contribution in [1.29, 1.82) is 0 Å². The van der Waals surface area contributed by atoms with Crippen molar-refractivity contribution in [2.45, 2.75) is 38.9 Å². The number of likely N-dealkylation sites (N-methyl/N-ethyl adjacent to an activating group) is 1. The van der Waals surface area contributed by atoms with Crippen LogP contribution in [0.4, 0.5) is 0 Å². The van der Waals surface area contributed by atoms with E-state index in [0.29, 0.717) is 12.1 Å². The van der Waals surface area contributed by atoms with Crippen molar-refractivity contribution in [3.05, 3.63) is 35.4 Å². The largest absolute Gasteiger partial charge is 0.304 e. The Kier molecular flexibility index (Phi) is 4.63. The number of piperazine rings is 1. The summed E-state index contributed by atoms with van der Waals surface area (Å²) in [5.41, 5.74) is 3.09. The minimum Gasteiger partial charge on any atom is -0.304 e. The highest BCUT2D eigenvalue weighted by molar-refractivity contribution is 5.30. The number of hydrogen-bond acceptors (Lipinski definition) is 3. The lowest BCUT2D eigenvalue weighted by Crippen LogP contribution is -2.53. The maximum atomic E-state index is 2.70. The van der Waals surface area contributed by atoms with Gasteiger partial charge in [-0.15, -0.1) is 0 Å². The van der Waals surface area contributed by atoms with E-state index < -0.39 is 0 Å². The molecule has 2 heterocycles. The predicted molar refractivity (Wildman–Crippen MR) is 88.6 cm³/mol. The lowest BCUT2D eigenvalue weighted by Gasteiger charge is -2.43. The molecule has 0 aliphatic carbocycles. The summed E-state index contributed by atoms with van der Waals surface area (Å²) < 4.78 is 0. The monoisotopic (exact) mass is 287 g/mol. The quantitative estimate of drug-likeness (QED) is 0.843. The molecule has 2 aliphatic rings. The van der Waals surface area contributed by atoms with Gasteiger partial charge in [0.1, 0.15) is 0 Å². The van der Waals surface area contributed by atoms with E-state index in [-0.39, 0.29) is 0 Å². The molecular formula is C18H29N3. The van der Waals surface area contributed by atoms with Crippen LogP contribution in [0.25, 0.3) is 0 Å². The first kappa shape index (κ1) is 15.0. The third-order valence-corrected chi connectivity index (χ3v) is 5.12. The van der Waals surface area contributed by atoms with Crippen LogP contribution in [0.1, 0.15) is 25.0 Å². The van der Waals surface area contributed by atoms with Gasteiger partial charge in [0.15, 0.2) is 0 Å². The summed E-state index contributed by atoms with van der Waals surface area (Å²) in [6.45, 7) is 11.9. The summed E-state index contributed by atoms with van der Waals surface area (Å²) in [4.78, 5) is 7.79. The standard InChI is InChI=1S/C18H29N3/c1-15(2)21-13-17-7-5-4-6-16(17)12-18(21)14-20-10-8-19(3)9-11-20/h4-7,15,18H,8-14H2,1-3H3. The number of benzene rings is 1. The van der Waals surface area contributed by atoms with E-state index in [1.54, 1.807) is 5.56 Å². The summed E-state index contributed by atoms with van der Waals surface area (Å²) in [7, 11) is 2.23. The van der Waals surface area contributed by atoms with Gasteiger partial charge >= 0.3 is 0 Å². The maximum Gasteiger partial charge on any atom is 0.0269 e. The van der Waals surface area contributed by atoms with Gasteiger partial charge in [0.25, 0.3) is 0 Å². The van der Waals surface area contributed by atoms with Crippen LogP contribution in [0.5, 0.6) is 0 Å². The van der Waals surface area contributed by atoms with Gasteiger partial charge in [-0.2, -0.15) is 0 Å². The van der Waals surface area contributed by atoms with Gasteiger partial charge in [0.2, 0.25) is 0 Å². The van der Waals surface area contributed by atoms with Crippen molar-refractivity contribution >= 4 is 0 Å². The van der Waals surface area contributed by atoms with Crippen molar-refractivity contribution in [1.82, 2.24) is 14.7 Å². The Labute approximate surface area is 129 Å². The summed E-state index contributed by atoms with van der Waals surface area (Å²) in [6, 6.07) is 10.3. The highest BCUT2D eigenvalue weighted by Crippen LogP contribution is 2.25. The van der Waals surface area contributed by atoms with Crippen LogP contribution < -0.4 is 0 Å². The summed E-state index contributed by atoms with van der Waals surface area (Å²) in [5, 5.41) is 0. The lowest BCUT2D eigenvalue weighted by molar-refractivity contribution is 0.0710. The molecule has 0 N–H and O–H groups in total. The Bertz CT molecular complexity index is 463. The van der Waals surface area contributed by atoms with Crippen molar-refractivity contribution in [2.75, 3.05) is 39.8 Å². The highest BCUT2D eigenvalue weighted by Gasteiger charge is 2.29. The first-order valence-corrected chi connectivity index (χ1v) is 8.37. The molecule has 3 nitrogen and oxygen atoms in total. The molecule has 0 amide bonds. The van der Waals surface area contributed by atoms with Gasteiger partial charge in [-0.3, -0.25) is 9.80 Å². The van der Waals surface area contributed by atoms with E-state index >= 15 is 0 Å². The van der Waals surface area contributed by atoms with E-state index in [4.69, 9.17) is 0 Å². The van der Waals surface area contributed by atoms with Crippen LogP contribution in [0.15, 0.2) is 24.3 Å². The van der Waals surface area contributed by atoms with Gasteiger partial charge in [-0.1, -0.05) is 24.3 Å². The third-order valence-electron chi connectivity index (χ3n) is 5.12. The van der Waals surface area contributed by atoms with Crippen molar-refractivity contribution in [2.24, 2.45) is 0 Å². The fraction of sp³-hybridized carbons (Fsp3) is 0.667. The van der Waals surface area contributed by atoms with Gasteiger partial charge in [-0.05, 0) is 38.4 Å². The number of fused-ring (bicyclic) bond motifs is 1. The molecule has 2 aliphatic heterocycles. The molecule has 1 atom stereocenters. The van der Waals surface area contributed by atoms with Gasteiger partial charge in [0.05, 0.1) is 0 Å². The second-order valence-electron chi connectivity index (χ2n) is 7.00. The molecule has 3 heteroatoms. The number of rotatable bonds is 3. The van der Waals surface area contributed by atoms with Gasteiger partial charge < -0.3 is 4.90 Å². The average molecular weight is 287 g/mol. The zero-order chi connectivity index (χ0) is 14.8. The van der Waals surface area contributed by atoms with Crippen LogP contribution in [-0.2, 0) is 13.0 Å². The van der Waals surface area contributed by atoms with E-state index in [1.807, 2.05) is 0 Å². The molecule has 116 valence electrons. The molecular weight excluding hydrogens is 258 g/mol. The van der Waals surface area contributed by atoms with E-state index in [2.05, 4.69) is 59.9 Å². The minimum atomic E-state index is 0.621. The molecule has 1 fully saturated rings. The molecule has 0 spiro atoms. The lowest BCUT2D eigenvalue weighted by atomic mass is 9.92. The van der Waals surface area contributed by atoms with Crippen LogP contribution in [0, 0.1) is 0 Å². The summed E-state index contributed by atoms with van der Waals surface area (Å²) in [5.74, 6) is 0. The van der Waals surface area contributed by atoms with Gasteiger partial charge in [-0.25, -0.2) is 0 Å². The Morgan fingerprint density at radius 3 is 2.38 bits per heavy atom. The van der Waals surface area contributed by atoms with Crippen LogP contribution >= 0.6 is 0 Å². The third kappa shape index (κ3) is 3.47. The first-order valence-electron chi connectivity index (χ1n) is 8.37. The van der Waals surface area contributed by atoms with Crippen LogP contribution in [-0.4, -0.2) is 66.6 Å². The average Bonchev–Trinajstić information content (AvgIpc) is 2.48. The molecule has 0 bridgehead atoms. The number of nitrogens with zero attached hydrogens (tertiary/aromatic N) is 3. The molecule has 3 rings (SSSR count). The molecule has 1 aromatic rings. The smallest absolute Gasteiger partial charge is 0.0269 e. The zero-order valence-electron chi connectivity index (χ0n) is 13.8. The second-order valence-corrected chi connectivity index (χ2v) is 7.00. The fourth-order valence-corrected chi connectivity index (χ4v) is 3.71. The molecule has 0 saturated carbocycles. The minimum absolute atomic E-state index is 0.621. The van der Waals surface area contributed by atoms with E-state index in [0.717, 1.165) is 6.54 Å². The topological polar surface area (TPSA) is 9.72 Å². The SMILES string of the molecule is CC(C)N1Cc2ccccc2CC1CN1CCN(C)CC1. The van der Waals surface area contributed by atoms with Gasteiger partial charge in [0, 0.05) is 51.4 Å². The van der Waals surface area contributed by atoms with Crippen molar-refractivity contribution in [3.8, 4) is 0 Å². The highest BCUT2D eigenvalue weighted by atomic mass is 15.3. The fourth-order valence-electron chi connectivity index (χ4n) is 3.71. The Hall–Kier alpha value is -0.900. The number of hydrogen-bond donors (Lipinski definition) is 0. The molecule has 21 heavy (non-hydrogen) atoms. The Morgan fingerprint density at radius 2 is 1.71 bits per heavy atom. The van der Waals surface area contributed by atoms with Crippen molar-refractivity contribution in [3.63, 3.8) is 0 Å². The molecule has 0 radical (unpaired) electrons. The normalized spacial score (nSPS) is 25.2. The van der Waals surface area contributed by atoms with Crippen molar-refractivity contribution < 1.29 is 0 Å². The summed E-state index contributed by atoms with van der Waals surface area (Å²) in [6.07, 6.45) is 1.21. The van der Waals surface area contributed by atoms with Crippen LogP contribution in [0.3, 0.4) is 0 Å². The van der Waals surface area contributed by atoms with E-state index in [1.165, 1.54) is 44.7 Å². The summed E-state index contributed by atoms with van der Waals surface area (Å²) >= 11 is 0.